The Balaban J connectivity index is 1.10. The summed E-state index contributed by atoms with van der Waals surface area (Å²) in [5, 5.41) is 0.475. The smallest absolute Gasteiger partial charge is 0.283 e. The number of aliphatic imine (C=N–C) groups is 1. The van der Waals surface area contributed by atoms with Gasteiger partial charge in [0.2, 0.25) is 5.91 Å². The fourth-order valence-electron chi connectivity index (χ4n) is 5.30. The van der Waals surface area contributed by atoms with Crippen LogP contribution in [0.5, 0.6) is 5.75 Å². The highest BCUT2D eigenvalue weighted by Crippen LogP contribution is 2.30. The lowest BCUT2D eigenvalue weighted by molar-refractivity contribution is -0.128. The lowest BCUT2D eigenvalue weighted by Crippen LogP contribution is -2.49. The Bertz CT molecular complexity index is 1750. The SMILES string of the molecule is CC(=O)c1ccc(N2CCN(C(=O)CSC3=N/C(=C/c4ccc(OCc5ccccc5)cc4)C(=O)N3c3ccccc3)CC2)cc1. The first-order valence-electron chi connectivity index (χ1n) is 15.2. The number of anilines is 2. The van der Waals surface area contributed by atoms with Crippen LogP contribution in [0.3, 0.4) is 0 Å². The van der Waals surface area contributed by atoms with Gasteiger partial charge in [-0.05, 0) is 72.7 Å². The Morgan fingerprint density at radius 3 is 2.11 bits per heavy atom. The first kappa shape index (κ1) is 30.9. The highest BCUT2D eigenvalue weighted by Gasteiger charge is 2.33. The number of carbonyl (C=O) groups excluding carboxylic acids is 3. The molecule has 2 aliphatic heterocycles. The number of thioether (sulfide) groups is 1. The molecule has 232 valence electrons. The lowest BCUT2D eigenvalue weighted by Gasteiger charge is -2.36. The third-order valence-corrected chi connectivity index (χ3v) is 8.80. The largest absolute Gasteiger partial charge is 0.489 e. The third-order valence-electron chi connectivity index (χ3n) is 7.87. The van der Waals surface area contributed by atoms with Crippen molar-refractivity contribution >= 4 is 52.0 Å². The van der Waals surface area contributed by atoms with Gasteiger partial charge in [0.15, 0.2) is 11.0 Å². The van der Waals surface area contributed by atoms with E-state index < -0.39 is 0 Å². The third kappa shape index (κ3) is 7.38. The van der Waals surface area contributed by atoms with Gasteiger partial charge in [-0.15, -0.1) is 0 Å². The van der Waals surface area contributed by atoms with E-state index in [9.17, 15) is 14.4 Å². The normalized spacial score (nSPS) is 15.7. The van der Waals surface area contributed by atoms with Gasteiger partial charge in [-0.3, -0.25) is 19.3 Å². The summed E-state index contributed by atoms with van der Waals surface area (Å²) in [5.74, 6) is 0.710. The maximum Gasteiger partial charge on any atom is 0.283 e. The minimum Gasteiger partial charge on any atom is -0.489 e. The number of amides is 2. The molecule has 0 saturated carbocycles. The fraction of sp³-hybridized carbons (Fsp3) is 0.189. The predicted octanol–water partition coefficient (Wildman–Crippen LogP) is 6.29. The topological polar surface area (TPSA) is 82.5 Å². The zero-order valence-corrected chi connectivity index (χ0v) is 26.4. The lowest BCUT2D eigenvalue weighted by atomic mass is 10.1. The predicted molar refractivity (Wildman–Crippen MR) is 184 cm³/mol. The summed E-state index contributed by atoms with van der Waals surface area (Å²) in [4.78, 5) is 48.8. The number of piperazine rings is 1. The van der Waals surface area contributed by atoms with Gasteiger partial charge in [-0.1, -0.05) is 72.4 Å². The van der Waals surface area contributed by atoms with Crippen molar-refractivity contribution in [2.45, 2.75) is 13.5 Å². The van der Waals surface area contributed by atoms with Crippen molar-refractivity contribution in [1.82, 2.24) is 4.90 Å². The van der Waals surface area contributed by atoms with Crippen molar-refractivity contribution in [2.75, 3.05) is 41.7 Å². The summed E-state index contributed by atoms with van der Waals surface area (Å²) in [6, 6.07) is 34.5. The van der Waals surface area contributed by atoms with Crippen LogP contribution in [0, 0.1) is 0 Å². The number of Topliss-reactive ketones (excluding diaryl/α,β-unsaturated/α-hetero) is 1. The standard InChI is InChI=1S/C37H34N4O4S/c1-27(42)30-14-16-31(17-15-30)39-20-22-40(23-21-39)35(43)26-46-37-38-34(36(44)41(37)32-10-6-3-7-11-32)24-28-12-18-33(19-13-28)45-25-29-8-4-2-5-9-29/h2-19,24H,20-23,25-26H2,1H3/b34-24+. The Morgan fingerprint density at radius 1 is 0.804 bits per heavy atom. The van der Waals surface area contributed by atoms with Gasteiger partial charge in [0.25, 0.3) is 5.91 Å². The summed E-state index contributed by atoms with van der Waals surface area (Å²) in [6.45, 7) is 4.63. The van der Waals surface area contributed by atoms with Crippen molar-refractivity contribution in [3.8, 4) is 5.75 Å². The molecule has 2 heterocycles. The molecule has 8 nitrogen and oxygen atoms in total. The molecule has 1 fully saturated rings. The van der Waals surface area contributed by atoms with Crippen LogP contribution in [-0.4, -0.2) is 59.6 Å². The summed E-state index contributed by atoms with van der Waals surface area (Å²) >= 11 is 1.27. The zero-order chi connectivity index (χ0) is 31.9. The minimum absolute atomic E-state index is 0.00302. The van der Waals surface area contributed by atoms with Crippen molar-refractivity contribution in [1.29, 1.82) is 0 Å². The maximum atomic E-state index is 13.6. The Morgan fingerprint density at radius 2 is 1.46 bits per heavy atom. The van der Waals surface area contributed by atoms with Gasteiger partial charge >= 0.3 is 0 Å². The number of benzene rings is 4. The summed E-state index contributed by atoms with van der Waals surface area (Å²) < 4.78 is 5.90. The van der Waals surface area contributed by atoms with Crippen LogP contribution in [0.1, 0.15) is 28.4 Å². The van der Waals surface area contributed by atoms with Gasteiger partial charge < -0.3 is 14.5 Å². The number of ether oxygens (including phenoxy) is 1. The van der Waals surface area contributed by atoms with Crippen LogP contribution in [0.4, 0.5) is 11.4 Å². The molecule has 0 atom stereocenters. The van der Waals surface area contributed by atoms with E-state index in [1.807, 2.05) is 114 Å². The molecular formula is C37H34N4O4S. The van der Waals surface area contributed by atoms with Crippen LogP contribution in [0.15, 0.2) is 120 Å². The second-order valence-electron chi connectivity index (χ2n) is 11.0. The molecule has 2 amide bonds. The average molecular weight is 631 g/mol. The van der Waals surface area contributed by atoms with E-state index >= 15 is 0 Å². The van der Waals surface area contributed by atoms with Crippen LogP contribution in [0.2, 0.25) is 0 Å². The number of amidine groups is 1. The van der Waals surface area contributed by atoms with Crippen molar-refractivity contribution in [3.63, 3.8) is 0 Å². The first-order chi connectivity index (χ1) is 22.4. The Kier molecular flexibility index (Phi) is 9.59. The molecule has 0 spiro atoms. The quantitative estimate of drug-likeness (QED) is 0.160. The molecule has 6 rings (SSSR count). The van der Waals surface area contributed by atoms with Gasteiger partial charge in [0.05, 0.1) is 11.4 Å². The molecule has 1 saturated heterocycles. The van der Waals surface area contributed by atoms with Gasteiger partial charge in [-0.2, -0.15) is 0 Å². The molecular weight excluding hydrogens is 596 g/mol. The monoisotopic (exact) mass is 630 g/mol. The molecule has 0 aliphatic carbocycles. The van der Waals surface area contributed by atoms with E-state index in [0.29, 0.717) is 54.9 Å². The summed E-state index contributed by atoms with van der Waals surface area (Å²) in [6.07, 6.45) is 1.76. The first-order valence-corrected chi connectivity index (χ1v) is 16.2. The summed E-state index contributed by atoms with van der Waals surface area (Å²) in [7, 11) is 0. The number of ketones is 1. The highest BCUT2D eigenvalue weighted by atomic mass is 32.2. The zero-order valence-electron chi connectivity index (χ0n) is 25.5. The number of carbonyl (C=O) groups is 3. The minimum atomic E-state index is -0.241. The van der Waals surface area contributed by atoms with Crippen LogP contribution in [0.25, 0.3) is 6.08 Å². The van der Waals surface area contributed by atoms with Crippen molar-refractivity contribution in [3.05, 3.63) is 132 Å². The number of rotatable bonds is 9. The van der Waals surface area contributed by atoms with Gasteiger partial charge in [0, 0.05) is 37.4 Å². The number of nitrogens with zero attached hydrogens (tertiary/aromatic N) is 4. The molecule has 0 aromatic heterocycles. The molecule has 46 heavy (non-hydrogen) atoms. The van der Waals surface area contributed by atoms with E-state index in [-0.39, 0.29) is 23.4 Å². The van der Waals surface area contributed by atoms with E-state index in [1.165, 1.54) is 11.8 Å². The number of hydrogen-bond donors (Lipinski definition) is 0. The number of para-hydroxylation sites is 1. The average Bonchev–Trinajstić information content (AvgIpc) is 3.41. The van der Waals surface area contributed by atoms with E-state index in [1.54, 1.807) is 17.9 Å². The van der Waals surface area contributed by atoms with E-state index in [4.69, 9.17) is 9.73 Å². The molecule has 9 heteroatoms. The molecule has 0 radical (unpaired) electrons. The second-order valence-corrected chi connectivity index (χ2v) is 11.9. The Labute approximate surface area is 273 Å². The molecule has 2 aliphatic rings. The van der Waals surface area contributed by atoms with Crippen molar-refractivity contribution in [2.24, 2.45) is 4.99 Å². The highest BCUT2D eigenvalue weighted by molar-refractivity contribution is 8.14. The van der Waals surface area contributed by atoms with E-state index in [0.717, 1.165) is 22.6 Å². The van der Waals surface area contributed by atoms with Gasteiger partial charge in [0.1, 0.15) is 18.1 Å². The second kappa shape index (κ2) is 14.3. The van der Waals surface area contributed by atoms with E-state index in [2.05, 4.69) is 4.90 Å². The van der Waals surface area contributed by atoms with Crippen molar-refractivity contribution < 1.29 is 19.1 Å². The Hall–Kier alpha value is -5.15. The fourth-order valence-corrected chi connectivity index (χ4v) is 6.21. The summed E-state index contributed by atoms with van der Waals surface area (Å²) in [5.41, 5.74) is 4.64. The maximum absolute atomic E-state index is 13.6. The van der Waals surface area contributed by atoms with Crippen LogP contribution >= 0.6 is 11.8 Å². The van der Waals surface area contributed by atoms with Gasteiger partial charge in [-0.25, -0.2) is 4.99 Å². The molecule has 0 N–H and O–H groups in total. The van der Waals surface area contributed by atoms with Crippen LogP contribution < -0.4 is 14.5 Å². The van der Waals surface area contributed by atoms with Crippen LogP contribution in [-0.2, 0) is 16.2 Å². The number of hydrogen-bond acceptors (Lipinski definition) is 7. The molecule has 0 unspecified atom stereocenters. The molecule has 0 bridgehead atoms. The molecule has 4 aromatic rings. The molecule has 4 aromatic carbocycles.